The number of allylic oxidation sites excluding steroid dienone is 6. The smallest absolute Gasteiger partial charge is 0.328 e. The number of hydrogen-bond donors (Lipinski definition) is 1. The van der Waals surface area contributed by atoms with E-state index in [2.05, 4.69) is 99.8 Å². The van der Waals surface area contributed by atoms with Crippen molar-refractivity contribution in [3.8, 4) is 0 Å². The number of hydrogen-bond acceptors (Lipinski definition) is 3. The van der Waals surface area contributed by atoms with Crippen LogP contribution in [0.4, 0.5) is 0 Å². The standard InChI is InChI=1S/C38H66O4Si2/c1-27(16-21-35(39)40)23-28(2)33-19-20-34-30(15-14-22-38(33,34)9)18-17-29-24-31(41-43(10,11)36(3,4)5)26-32(25-29)42-44(12,13)37(6,7)8/h16-18,21,23,28,31-34H,14-15,19-20,22,24-26H2,1-13H3,(H,39,40)/b21-16+,27-23+,30-18+/t28-,31-,32-,33-,34+,38-/m1/s1. The van der Waals surface area contributed by atoms with Crippen LogP contribution in [0.2, 0.25) is 36.3 Å². The molecule has 0 bridgehead atoms. The summed E-state index contributed by atoms with van der Waals surface area (Å²) < 4.78 is 14.1. The van der Waals surface area contributed by atoms with Gasteiger partial charge in [-0.1, -0.05) is 96.4 Å². The Labute approximate surface area is 273 Å². The van der Waals surface area contributed by atoms with Crippen molar-refractivity contribution < 1.29 is 18.8 Å². The summed E-state index contributed by atoms with van der Waals surface area (Å²) in [4.78, 5) is 11.0. The van der Waals surface area contributed by atoms with Crippen molar-refractivity contribution in [3.05, 3.63) is 47.1 Å². The Morgan fingerprint density at radius 3 is 1.98 bits per heavy atom. The SMILES string of the molecule is CC(/C=C/C(=O)O)=C\[C@@H](C)[C@H]1CC[C@H]2/C(=C/C=C3C[C@@H](O[Si](C)(C)C(C)(C)C)C[C@H](O[Si](C)(C)C(C)(C)C)C3)CCC[C@]12C. The van der Waals surface area contributed by atoms with E-state index in [1.807, 2.05) is 6.92 Å². The maximum absolute atomic E-state index is 11.0. The van der Waals surface area contributed by atoms with Crippen molar-refractivity contribution >= 4 is 22.6 Å². The molecule has 1 N–H and O–H groups in total. The van der Waals surface area contributed by atoms with Gasteiger partial charge in [0.1, 0.15) is 0 Å². The summed E-state index contributed by atoms with van der Waals surface area (Å²) in [6.45, 7) is 30.5. The molecular weight excluding hydrogens is 577 g/mol. The average Bonchev–Trinajstić information content (AvgIpc) is 3.22. The van der Waals surface area contributed by atoms with E-state index in [1.54, 1.807) is 11.6 Å². The Bertz CT molecular complexity index is 1110. The lowest BCUT2D eigenvalue weighted by molar-refractivity contribution is -0.131. The molecule has 0 saturated heterocycles. The third kappa shape index (κ3) is 8.98. The molecule has 3 fully saturated rings. The third-order valence-corrected chi connectivity index (χ3v) is 21.3. The molecule has 0 unspecified atom stereocenters. The summed E-state index contributed by atoms with van der Waals surface area (Å²) >= 11 is 0. The highest BCUT2D eigenvalue weighted by Crippen LogP contribution is 2.59. The molecule has 0 aromatic heterocycles. The molecule has 3 aliphatic carbocycles. The largest absolute Gasteiger partial charge is 0.478 e. The molecule has 0 radical (unpaired) electrons. The summed E-state index contributed by atoms with van der Waals surface area (Å²) in [5, 5.41) is 9.41. The van der Waals surface area contributed by atoms with Crippen LogP contribution in [0, 0.1) is 23.2 Å². The van der Waals surface area contributed by atoms with Gasteiger partial charge in [-0.15, -0.1) is 0 Å². The normalized spacial score (nSPS) is 31.0. The van der Waals surface area contributed by atoms with E-state index < -0.39 is 22.6 Å². The van der Waals surface area contributed by atoms with Gasteiger partial charge in [0.25, 0.3) is 0 Å². The molecule has 6 atom stereocenters. The molecule has 6 heteroatoms. The van der Waals surface area contributed by atoms with E-state index in [9.17, 15) is 4.79 Å². The van der Waals surface area contributed by atoms with Gasteiger partial charge < -0.3 is 14.0 Å². The minimum absolute atomic E-state index is 0.190. The molecule has 3 rings (SSSR count). The van der Waals surface area contributed by atoms with E-state index in [0.29, 0.717) is 23.2 Å². The highest BCUT2D eigenvalue weighted by atomic mass is 28.4. The van der Waals surface area contributed by atoms with Gasteiger partial charge in [0, 0.05) is 6.08 Å². The van der Waals surface area contributed by atoms with Crippen LogP contribution in [-0.2, 0) is 13.6 Å². The molecule has 0 aliphatic heterocycles. The highest BCUT2D eigenvalue weighted by molar-refractivity contribution is 6.74. The second-order valence-corrected chi connectivity index (χ2v) is 27.3. The molecular formula is C38H66O4Si2. The van der Waals surface area contributed by atoms with Crippen molar-refractivity contribution in [2.24, 2.45) is 23.2 Å². The van der Waals surface area contributed by atoms with Gasteiger partial charge >= 0.3 is 5.97 Å². The van der Waals surface area contributed by atoms with E-state index in [1.165, 1.54) is 43.8 Å². The first-order chi connectivity index (χ1) is 20.1. The minimum Gasteiger partial charge on any atom is -0.478 e. The first-order valence-corrected chi connectivity index (χ1v) is 23.2. The average molecular weight is 643 g/mol. The zero-order chi connectivity index (χ0) is 33.3. The number of fused-ring (bicyclic) bond motifs is 1. The summed E-state index contributed by atoms with van der Waals surface area (Å²) in [7, 11) is -3.79. The van der Waals surface area contributed by atoms with Crippen molar-refractivity contribution in [3.63, 3.8) is 0 Å². The van der Waals surface area contributed by atoms with Crippen LogP contribution >= 0.6 is 0 Å². The lowest BCUT2D eigenvalue weighted by Gasteiger charge is -2.45. The monoisotopic (exact) mass is 642 g/mol. The van der Waals surface area contributed by atoms with Crippen LogP contribution in [-0.4, -0.2) is 39.9 Å². The molecule has 0 amide bonds. The molecule has 44 heavy (non-hydrogen) atoms. The van der Waals surface area contributed by atoms with Gasteiger partial charge in [-0.2, -0.15) is 0 Å². The Balaban J connectivity index is 1.85. The van der Waals surface area contributed by atoms with Crippen molar-refractivity contribution in [2.45, 2.75) is 162 Å². The Hall–Kier alpha value is -1.22. The van der Waals surface area contributed by atoms with Gasteiger partial charge in [-0.25, -0.2) is 4.79 Å². The van der Waals surface area contributed by atoms with Crippen molar-refractivity contribution in [1.29, 1.82) is 0 Å². The quantitative estimate of drug-likeness (QED) is 0.154. The third-order valence-electron chi connectivity index (χ3n) is 12.3. The second kappa shape index (κ2) is 13.9. The summed E-state index contributed by atoms with van der Waals surface area (Å²) in [6, 6.07) is 0. The van der Waals surface area contributed by atoms with Crippen LogP contribution in [0.25, 0.3) is 0 Å². The zero-order valence-electron chi connectivity index (χ0n) is 30.6. The fraction of sp³-hybridized carbons (Fsp3) is 0.763. The van der Waals surface area contributed by atoms with Crippen molar-refractivity contribution in [1.82, 2.24) is 0 Å². The number of carboxylic acids is 1. The molecule has 250 valence electrons. The number of carboxylic acid groups (broad SMARTS) is 1. The lowest BCUT2D eigenvalue weighted by atomic mass is 9.61. The predicted molar refractivity (Wildman–Crippen MR) is 192 cm³/mol. The zero-order valence-corrected chi connectivity index (χ0v) is 32.6. The maximum Gasteiger partial charge on any atom is 0.328 e. The number of carbonyl (C=O) groups is 1. The van der Waals surface area contributed by atoms with Crippen LogP contribution in [0.5, 0.6) is 0 Å². The van der Waals surface area contributed by atoms with Gasteiger partial charge in [0.15, 0.2) is 16.6 Å². The lowest BCUT2D eigenvalue weighted by Crippen LogP contribution is -2.48. The first-order valence-electron chi connectivity index (χ1n) is 17.4. The van der Waals surface area contributed by atoms with Crippen LogP contribution < -0.4 is 0 Å². The Kier molecular flexibility index (Phi) is 11.7. The molecule has 0 aromatic carbocycles. The van der Waals surface area contributed by atoms with Crippen LogP contribution in [0.3, 0.4) is 0 Å². The molecule has 3 saturated carbocycles. The van der Waals surface area contributed by atoms with E-state index in [-0.39, 0.29) is 22.3 Å². The van der Waals surface area contributed by atoms with Gasteiger partial charge in [-0.3, -0.25) is 0 Å². The molecule has 3 aliphatic rings. The van der Waals surface area contributed by atoms with Gasteiger partial charge in [0.2, 0.25) is 0 Å². The van der Waals surface area contributed by atoms with Gasteiger partial charge in [0.05, 0.1) is 12.2 Å². The highest BCUT2D eigenvalue weighted by Gasteiger charge is 2.50. The second-order valence-electron chi connectivity index (χ2n) is 17.7. The minimum atomic E-state index is -1.90. The Morgan fingerprint density at radius 2 is 1.48 bits per heavy atom. The topological polar surface area (TPSA) is 55.8 Å². The van der Waals surface area contributed by atoms with Crippen molar-refractivity contribution in [2.75, 3.05) is 0 Å². The molecule has 0 spiro atoms. The van der Waals surface area contributed by atoms with Crippen LogP contribution in [0.15, 0.2) is 47.1 Å². The molecule has 0 aromatic rings. The van der Waals surface area contributed by atoms with E-state index >= 15 is 0 Å². The number of aliphatic carboxylic acids is 1. The molecule has 4 nitrogen and oxygen atoms in total. The summed E-state index contributed by atoms with van der Waals surface area (Å²) in [5.41, 5.74) is 4.48. The fourth-order valence-electron chi connectivity index (χ4n) is 7.79. The predicted octanol–water partition coefficient (Wildman–Crippen LogP) is 11.2. The summed E-state index contributed by atoms with van der Waals surface area (Å²) in [6.07, 6.45) is 20.0. The van der Waals surface area contributed by atoms with E-state index in [0.717, 1.165) is 24.8 Å². The summed E-state index contributed by atoms with van der Waals surface area (Å²) in [5.74, 6) is 0.798. The van der Waals surface area contributed by atoms with E-state index in [4.69, 9.17) is 14.0 Å². The van der Waals surface area contributed by atoms with Gasteiger partial charge in [-0.05, 0) is 118 Å². The maximum atomic E-state index is 11.0. The number of rotatable bonds is 9. The Morgan fingerprint density at radius 1 is 0.932 bits per heavy atom. The fourth-order valence-corrected chi connectivity index (χ4v) is 10.5. The van der Waals surface area contributed by atoms with Crippen LogP contribution in [0.1, 0.15) is 114 Å². The first kappa shape index (κ1) is 37.2. The molecule has 0 heterocycles.